The fraction of sp³-hybridized carbons (Fsp3) is 0.200. The number of nitrogens with zero attached hydrogens (tertiary/aromatic N) is 2. The molecule has 1 unspecified atom stereocenters. The molecule has 0 bridgehead atoms. The van der Waals surface area contributed by atoms with Crippen molar-refractivity contribution in [3.05, 3.63) is 34.7 Å². The minimum atomic E-state index is -0.592. The van der Waals surface area contributed by atoms with E-state index in [1.165, 1.54) is 17.4 Å². The lowest BCUT2D eigenvalue weighted by Gasteiger charge is -1.97. The van der Waals surface area contributed by atoms with Crippen LogP contribution in [0.5, 0.6) is 0 Å². The van der Waals surface area contributed by atoms with Gasteiger partial charge in [0.15, 0.2) is 0 Å². The Kier molecular flexibility index (Phi) is 2.75. The summed E-state index contributed by atoms with van der Waals surface area (Å²) in [5.41, 5.74) is 1.26. The topological polar surface area (TPSA) is 46.0 Å². The average Bonchev–Trinajstić information content (AvgIpc) is 2.66. The van der Waals surface area contributed by atoms with E-state index in [2.05, 4.69) is 9.97 Å². The minimum Gasteiger partial charge on any atom is -0.386 e. The second-order valence-electron chi connectivity index (χ2n) is 3.14. The fourth-order valence-corrected chi connectivity index (χ4v) is 1.93. The van der Waals surface area contributed by atoms with Crippen LogP contribution in [0.25, 0.3) is 11.3 Å². The van der Waals surface area contributed by atoms with Crippen molar-refractivity contribution in [1.29, 1.82) is 0 Å². The highest BCUT2D eigenvalue weighted by atomic mass is 32.1. The molecule has 0 spiro atoms. The van der Waals surface area contributed by atoms with Gasteiger partial charge in [0.1, 0.15) is 16.9 Å². The summed E-state index contributed by atoms with van der Waals surface area (Å²) in [5, 5.41) is 11.7. The Labute approximate surface area is 90.3 Å². The lowest BCUT2D eigenvalue weighted by molar-refractivity contribution is 0.199. The van der Waals surface area contributed by atoms with Crippen molar-refractivity contribution in [2.24, 2.45) is 0 Å². The lowest BCUT2D eigenvalue weighted by atomic mass is 10.2. The van der Waals surface area contributed by atoms with Gasteiger partial charge in [-0.3, -0.25) is 4.98 Å². The normalized spacial score (nSPS) is 12.7. The zero-order valence-corrected chi connectivity index (χ0v) is 8.83. The van der Waals surface area contributed by atoms with E-state index >= 15 is 0 Å². The monoisotopic (exact) mass is 224 g/mol. The highest BCUT2D eigenvalue weighted by Crippen LogP contribution is 2.24. The molecule has 0 radical (unpaired) electrons. The van der Waals surface area contributed by atoms with E-state index in [-0.39, 0.29) is 5.82 Å². The van der Waals surface area contributed by atoms with Gasteiger partial charge in [-0.2, -0.15) is 0 Å². The summed E-state index contributed by atoms with van der Waals surface area (Å²) in [5.74, 6) is -0.390. The first-order valence-corrected chi connectivity index (χ1v) is 5.29. The van der Waals surface area contributed by atoms with Gasteiger partial charge < -0.3 is 5.11 Å². The summed E-state index contributed by atoms with van der Waals surface area (Å²) in [6.45, 7) is 1.65. The third-order valence-electron chi connectivity index (χ3n) is 1.88. The van der Waals surface area contributed by atoms with Crippen LogP contribution in [0.2, 0.25) is 0 Å². The number of aliphatic hydroxyl groups excluding tert-OH is 1. The van der Waals surface area contributed by atoms with E-state index in [4.69, 9.17) is 0 Å². The van der Waals surface area contributed by atoms with Gasteiger partial charge >= 0.3 is 0 Å². The van der Waals surface area contributed by atoms with Crippen LogP contribution >= 0.6 is 11.3 Å². The quantitative estimate of drug-likeness (QED) is 0.852. The van der Waals surface area contributed by atoms with Crippen molar-refractivity contribution >= 4 is 11.3 Å². The molecule has 2 rings (SSSR count). The Morgan fingerprint density at radius 3 is 2.87 bits per heavy atom. The van der Waals surface area contributed by atoms with Gasteiger partial charge in [0.25, 0.3) is 0 Å². The highest BCUT2D eigenvalue weighted by Gasteiger charge is 2.09. The Bertz CT molecular complexity index is 470. The van der Waals surface area contributed by atoms with Crippen LogP contribution in [0, 0.1) is 5.82 Å². The highest BCUT2D eigenvalue weighted by molar-refractivity contribution is 7.10. The molecular weight excluding hydrogens is 215 g/mol. The minimum absolute atomic E-state index is 0.390. The van der Waals surface area contributed by atoms with Crippen molar-refractivity contribution in [2.45, 2.75) is 13.0 Å². The van der Waals surface area contributed by atoms with Gasteiger partial charge in [-0.1, -0.05) is 0 Å². The average molecular weight is 224 g/mol. The maximum Gasteiger partial charge on any atom is 0.142 e. The molecule has 0 saturated heterocycles. The number of halogens is 1. The summed E-state index contributed by atoms with van der Waals surface area (Å²) in [6.07, 6.45) is 2.10. The van der Waals surface area contributed by atoms with E-state index < -0.39 is 6.10 Å². The Morgan fingerprint density at radius 2 is 2.27 bits per heavy atom. The van der Waals surface area contributed by atoms with Crippen LogP contribution in [0.1, 0.15) is 18.0 Å². The van der Waals surface area contributed by atoms with Crippen molar-refractivity contribution < 1.29 is 9.50 Å². The number of pyridine rings is 1. The number of aliphatic hydroxyl groups is 1. The number of hydrogen-bond donors (Lipinski definition) is 1. The molecule has 0 aliphatic rings. The molecule has 1 N–H and O–H groups in total. The summed E-state index contributed by atoms with van der Waals surface area (Å²) >= 11 is 1.35. The van der Waals surface area contributed by atoms with E-state index in [0.29, 0.717) is 16.3 Å². The maximum absolute atomic E-state index is 12.9. The largest absolute Gasteiger partial charge is 0.386 e. The Balaban J connectivity index is 2.37. The van der Waals surface area contributed by atoms with Crippen LogP contribution in [-0.2, 0) is 0 Å². The van der Waals surface area contributed by atoms with Crippen molar-refractivity contribution in [1.82, 2.24) is 9.97 Å². The third kappa shape index (κ3) is 2.19. The second-order valence-corrected chi connectivity index (χ2v) is 4.03. The Morgan fingerprint density at radius 1 is 1.47 bits per heavy atom. The zero-order chi connectivity index (χ0) is 10.8. The fourth-order valence-electron chi connectivity index (χ4n) is 1.16. The van der Waals surface area contributed by atoms with Crippen LogP contribution < -0.4 is 0 Å². The molecule has 2 heterocycles. The maximum atomic E-state index is 12.9. The molecule has 0 saturated carbocycles. The van der Waals surface area contributed by atoms with E-state index in [1.807, 2.05) is 0 Å². The SMILES string of the molecule is CC(O)c1nc(-c2cncc(F)c2)cs1. The van der Waals surface area contributed by atoms with Gasteiger partial charge in [-0.15, -0.1) is 11.3 Å². The predicted molar refractivity (Wildman–Crippen MR) is 55.9 cm³/mol. The first kappa shape index (κ1) is 10.2. The van der Waals surface area contributed by atoms with Crippen LogP contribution in [0.15, 0.2) is 23.8 Å². The van der Waals surface area contributed by atoms with Crippen molar-refractivity contribution in [3.8, 4) is 11.3 Å². The molecule has 0 amide bonds. The molecule has 3 nitrogen and oxygen atoms in total. The number of aromatic nitrogens is 2. The lowest BCUT2D eigenvalue weighted by Crippen LogP contribution is -1.89. The molecule has 2 aromatic rings. The second kappa shape index (κ2) is 4.04. The predicted octanol–water partition coefficient (Wildman–Crippen LogP) is 2.40. The Hall–Kier alpha value is -1.33. The molecule has 2 aromatic heterocycles. The van der Waals surface area contributed by atoms with E-state index in [9.17, 15) is 9.50 Å². The van der Waals surface area contributed by atoms with Gasteiger partial charge in [-0.05, 0) is 13.0 Å². The van der Waals surface area contributed by atoms with E-state index in [0.717, 1.165) is 6.20 Å². The van der Waals surface area contributed by atoms with E-state index in [1.54, 1.807) is 18.5 Å². The number of hydrogen-bond acceptors (Lipinski definition) is 4. The molecule has 0 aliphatic carbocycles. The van der Waals surface area contributed by atoms with Gasteiger partial charge in [0, 0.05) is 17.1 Å². The van der Waals surface area contributed by atoms with Gasteiger partial charge in [0.2, 0.25) is 0 Å². The van der Waals surface area contributed by atoms with Gasteiger partial charge in [0.05, 0.1) is 11.9 Å². The number of thiazole rings is 1. The van der Waals surface area contributed by atoms with Crippen molar-refractivity contribution in [2.75, 3.05) is 0 Å². The molecule has 0 fully saturated rings. The standard InChI is InChI=1S/C10H9FN2OS/c1-6(14)10-13-9(5-15-10)7-2-8(11)4-12-3-7/h2-6,14H,1H3. The van der Waals surface area contributed by atoms with Gasteiger partial charge in [-0.25, -0.2) is 9.37 Å². The molecular formula is C10H9FN2OS. The molecule has 78 valence electrons. The number of rotatable bonds is 2. The smallest absolute Gasteiger partial charge is 0.142 e. The molecule has 0 aromatic carbocycles. The van der Waals surface area contributed by atoms with Crippen LogP contribution in [0.4, 0.5) is 4.39 Å². The third-order valence-corrected chi connectivity index (χ3v) is 2.89. The summed E-state index contributed by atoms with van der Waals surface area (Å²) < 4.78 is 12.9. The molecule has 1 atom stereocenters. The van der Waals surface area contributed by atoms with Crippen LogP contribution in [-0.4, -0.2) is 15.1 Å². The summed E-state index contributed by atoms with van der Waals surface area (Å²) in [7, 11) is 0. The zero-order valence-electron chi connectivity index (χ0n) is 8.01. The summed E-state index contributed by atoms with van der Waals surface area (Å²) in [6, 6.07) is 1.37. The summed E-state index contributed by atoms with van der Waals surface area (Å²) in [4.78, 5) is 7.92. The first-order valence-electron chi connectivity index (χ1n) is 4.41. The molecule has 15 heavy (non-hydrogen) atoms. The van der Waals surface area contributed by atoms with Crippen molar-refractivity contribution in [3.63, 3.8) is 0 Å². The first-order chi connectivity index (χ1) is 7.16. The molecule has 5 heteroatoms. The van der Waals surface area contributed by atoms with Crippen LogP contribution in [0.3, 0.4) is 0 Å². The molecule has 0 aliphatic heterocycles.